The first-order valence-corrected chi connectivity index (χ1v) is 5.58. The second-order valence-electron chi connectivity index (χ2n) is 4.27. The lowest BCUT2D eigenvalue weighted by Gasteiger charge is -2.00. The van der Waals surface area contributed by atoms with E-state index < -0.39 is 11.6 Å². The van der Waals surface area contributed by atoms with Crippen molar-refractivity contribution < 1.29 is 18.3 Å². The topological polar surface area (TPSA) is 46.3 Å². The van der Waals surface area contributed by atoms with Gasteiger partial charge >= 0.3 is 0 Å². The fourth-order valence-corrected chi connectivity index (χ4v) is 1.68. The van der Waals surface area contributed by atoms with Crippen molar-refractivity contribution in [3.8, 4) is 11.5 Å². The lowest BCUT2D eigenvalue weighted by molar-refractivity contribution is 0.273. The van der Waals surface area contributed by atoms with E-state index in [1.54, 1.807) is 0 Å². The Morgan fingerprint density at radius 2 is 2.00 bits per heavy atom. The lowest BCUT2D eigenvalue weighted by Crippen LogP contribution is -1.92. The van der Waals surface area contributed by atoms with Gasteiger partial charge in [-0.25, -0.2) is 13.8 Å². The second-order valence-corrected chi connectivity index (χ2v) is 4.27. The van der Waals surface area contributed by atoms with E-state index in [1.165, 1.54) is 6.07 Å². The Labute approximate surface area is 103 Å². The van der Waals surface area contributed by atoms with Crippen LogP contribution in [0.4, 0.5) is 8.78 Å². The average molecular weight is 253 g/mol. The minimum absolute atomic E-state index is 0.0543. The first-order chi connectivity index (χ1) is 8.52. The monoisotopic (exact) mass is 253 g/mol. The fraction of sp³-hybridized carbons (Fsp3) is 0.308. The molecule has 0 spiro atoms. The van der Waals surface area contributed by atoms with Gasteiger partial charge in [0, 0.05) is 11.5 Å². The number of aliphatic hydroxyl groups excluding tert-OH is 1. The molecule has 0 radical (unpaired) electrons. The SMILES string of the molecule is CC(C)c1oc(-c2ccc(F)c(F)c2)nc1CO. The number of rotatable bonds is 3. The van der Waals surface area contributed by atoms with Crippen LogP contribution in [-0.2, 0) is 6.61 Å². The highest BCUT2D eigenvalue weighted by molar-refractivity contribution is 5.53. The van der Waals surface area contributed by atoms with Gasteiger partial charge in [-0.2, -0.15) is 0 Å². The molecule has 3 nitrogen and oxygen atoms in total. The van der Waals surface area contributed by atoms with Crippen LogP contribution in [-0.4, -0.2) is 10.1 Å². The minimum atomic E-state index is -0.956. The number of benzene rings is 1. The summed E-state index contributed by atoms with van der Waals surface area (Å²) < 4.78 is 31.4. The van der Waals surface area contributed by atoms with Crippen LogP contribution in [0.5, 0.6) is 0 Å². The summed E-state index contributed by atoms with van der Waals surface area (Å²) in [7, 11) is 0. The summed E-state index contributed by atoms with van der Waals surface area (Å²) in [4.78, 5) is 4.09. The van der Waals surface area contributed by atoms with E-state index in [1.807, 2.05) is 13.8 Å². The molecule has 2 rings (SSSR count). The number of aliphatic hydroxyl groups is 1. The highest BCUT2D eigenvalue weighted by Gasteiger charge is 2.17. The predicted molar refractivity (Wildman–Crippen MR) is 61.9 cm³/mol. The molecule has 1 aromatic heterocycles. The van der Waals surface area contributed by atoms with Crippen molar-refractivity contribution in [2.45, 2.75) is 26.4 Å². The van der Waals surface area contributed by atoms with E-state index in [0.29, 0.717) is 17.0 Å². The number of halogens is 2. The molecular weight excluding hydrogens is 240 g/mol. The molecule has 1 heterocycles. The van der Waals surface area contributed by atoms with Gasteiger partial charge in [0.05, 0.1) is 6.61 Å². The summed E-state index contributed by atoms with van der Waals surface area (Å²) in [6.45, 7) is 3.55. The van der Waals surface area contributed by atoms with Crippen molar-refractivity contribution >= 4 is 0 Å². The molecule has 0 unspecified atom stereocenters. The molecule has 5 heteroatoms. The van der Waals surface area contributed by atoms with Crippen molar-refractivity contribution in [3.05, 3.63) is 41.3 Å². The third-order valence-corrected chi connectivity index (χ3v) is 2.57. The van der Waals surface area contributed by atoms with Crippen LogP contribution in [0.25, 0.3) is 11.5 Å². The van der Waals surface area contributed by atoms with Crippen LogP contribution in [0.3, 0.4) is 0 Å². The highest BCUT2D eigenvalue weighted by atomic mass is 19.2. The van der Waals surface area contributed by atoms with E-state index in [9.17, 15) is 8.78 Å². The van der Waals surface area contributed by atoms with Gasteiger partial charge < -0.3 is 9.52 Å². The summed E-state index contributed by atoms with van der Waals surface area (Å²) in [5.74, 6) is -1.09. The van der Waals surface area contributed by atoms with E-state index >= 15 is 0 Å². The zero-order chi connectivity index (χ0) is 13.3. The van der Waals surface area contributed by atoms with Crippen molar-refractivity contribution in [1.29, 1.82) is 0 Å². The first kappa shape index (κ1) is 12.7. The second kappa shape index (κ2) is 4.86. The molecule has 0 saturated heterocycles. The molecule has 0 aliphatic rings. The maximum absolute atomic E-state index is 13.1. The molecule has 2 aromatic rings. The van der Waals surface area contributed by atoms with Gasteiger partial charge in [-0.1, -0.05) is 13.8 Å². The van der Waals surface area contributed by atoms with E-state index in [2.05, 4.69) is 4.98 Å². The average Bonchev–Trinajstić information content (AvgIpc) is 2.77. The van der Waals surface area contributed by atoms with Crippen LogP contribution in [0.2, 0.25) is 0 Å². The summed E-state index contributed by atoms with van der Waals surface area (Å²) in [6.07, 6.45) is 0. The largest absolute Gasteiger partial charge is 0.441 e. The molecular formula is C13H13F2NO2. The lowest BCUT2D eigenvalue weighted by atomic mass is 10.1. The quantitative estimate of drug-likeness (QED) is 0.913. The maximum atomic E-state index is 13.1. The Kier molecular flexibility index (Phi) is 3.43. The third kappa shape index (κ3) is 2.26. The van der Waals surface area contributed by atoms with Gasteiger partial charge in [-0.15, -0.1) is 0 Å². The smallest absolute Gasteiger partial charge is 0.226 e. The van der Waals surface area contributed by atoms with Crippen molar-refractivity contribution in [3.63, 3.8) is 0 Å². The van der Waals surface area contributed by atoms with Crippen LogP contribution in [0.1, 0.15) is 31.2 Å². The van der Waals surface area contributed by atoms with Gasteiger partial charge in [-0.05, 0) is 18.2 Å². The number of hydrogen-bond acceptors (Lipinski definition) is 3. The van der Waals surface area contributed by atoms with E-state index in [0.717, 1.165) is 12.1 Å². The Hall–Kier alpha value is -1.75. The third-order valence-electron chi connectivity index (χ3n) is 2.57. The van der Waals surface area contributed by atoms with Crippen LogP contribution in [0, 0.1) is 11.6 Å². The summed E-state index contributed by atoms with van der Waals surface area (Å²) in [5, 5.41) is 9.17. The molecule has 0 aliphatic heterocycles. The summed E-state index contributed by atoms with van der Waals surface area (Å²) in [5.41, 5.74) is 0.764. The molecule has 96 valence electrons. The van der Waals surface area contributed by atoms with Crippen LogP contribution >= 0.6 is 0 Å². The molecule has 0 fully saturated rings. The number of nitrogens with zero attached hydrogens (tertiary/aromatic N) is 1. The van der Waals surface area contributed by atoms with Gasteiger partial charge in [0.15, 0.2) is 11.6 Å². The van der Waals surface area contributed by atoms with Gasteiger partial charge in [0.1, 0.15) is 11.5 Å². The number of aromatic nitrogens is 1. The predicted octanol–water partition coefficient (Wildman–Crippen LogP) is 3.24. The molecule has 18 heavy (non-hydrogen) atoms. The van der Waals surface area contributed by atoms with Gasteiger partial charge in [0.2, 0.25) is 5.89 Å². The highest BCUT2D eigenvalue weighted by Crippen LogP contribution is 2.27. The van der Waals surface area contributed by atoms with Gasteiger partial charge in [-0.3, -0.25) is 0 Å². The van der Waals surface area contributed by atoms with Crippen molar-refractivity contribution in [2.24, 2.45) is 0 Å². The minimum Gasteiger partial charge on any atom is -0.441 e. The summed E-state index contributed by atoms with van der Waals surface area (Å²) in [6, 6.07) is 3.42. The zero-order valence-corrected chi connectivity index (χ0v) is 10.1. The zero-order valence-electron chi connectivity index (χ0n) is 10.1. The molecule has 1 aromatic carbocycles. The van der Waals surface area contributed by atoms with Crippen molar-refractivity contribution in [2.75, 3.05) is 0 Å². The van der Waals surface area contributed by atoms with Gasteiger partial charge in [0.25, 0.3) is 0 Å². The van der Waals surface area contributed by atoms with Crippen LogP contribution in [0.15, 0.2) is 22.6 Å². The van der Waals surface area contributed by atoms with E-state index in [-0.39, 0.29) is 18.4 Å². The molecule has 0 aliphatic carbocycles. The molecule has 0 amide bonds. The molecule has 0 saturated carbocycles. The van der Waals surface area contributed by atoms with Crippen LogP contribution < -0.4 is 0 Å². The Morgan fingerprint density at radius 3 is 2.50 bits per heavy atom. The Morgan fingerprint density at radius 1 is 1.28 bits per heavy atom. The number of oxazole rings is 1. The number of hydrogen-bond donors (Lipinski definition) is 1. The summed E-state index contributed by atoms with van der Waals surface area (Å²) >= 11 is 0. The Balaban J connectivity index is 2.47. The normalized spacial score (nSPS) is 11.2. The standard InChI is InChI=1S/C13H13F2NO2/c1-7(2)12-11(6-17)16-13(18-12)8-3-4-9(14)10(15)5-8/h3-5,7,17H,6H2,1-2H3. The first-order valence-electron chi connectivity index (χ1n) is 5.58. The molecule has 0 atom stereocenters. The molecule has 0 bridgehead atoms. The Bertz CT molecular complexity index is 564. The molecule has 1 N–H and O–H groups in total. The van der Waals surface area contributed by atoms with E-state index in [4.69, 9.17) is 9.52 Å². The fourth-order valence-electron chi connectivity index (χ4n) is 1.68. The van der Waals surface area contributed by atoms with Crippen molar-refractivity contribution in [1.82, 2.24) is 4.98 Å². The maximum Gasteiger partial charge on any atom is 0.226 e.